The number of halogens is 1. The number of methoxy groups -OCH3 is 1. The van der Waals surface area contributed by atoms with E-state index in [1.165, 1.54) is 13.2 Å². The largest absolute Gasteiger partial charge is 0.497 e. The SMILES string of the molecule is COc1ccc(N)c(C(=O)OCc2c(Cl)c(C)nn2C)c1. The quantitative estimate of drug-likeness (QED) is 0.692. The first-order valence-electron chi connectivity index (χ1n) is 6.22. The van der Waals surface area contributed by atoms with E-state index in [9.17, 15) is 4.79 Å². The van der Waals surface area contributed by atoms with E-state index in [4.69, 9.17) is 26.8 Å². The normalized spacial score (nSPS) is 10.5. The summed E-state index contributed by atoms with van der Waals surface area (Å²) < 4.78 is 11.9. The van der Waals surface area contributed by atoms with Crippen LogP contribution in [0.25, 0.3) is 0 Å². The molecule has 0 aliphatic carbocycles. The van der Waals surface area contributed by atoms with Crippen LogP contribution in [0.4, 0.5) is 5.69 Å². The van der Waals surface area contributed by atoms with Crippen molar-refractivity contribution in [1.29, 1.82) is 0 Å². The summed E-state index contributed by atoms with van der Waals surface area (Å²) in [5, 5.41) is 4.64. The Kier molecular flexibility index (Phi) is 4.37. The Labute approximate surface area is 127 Å². The second kappa shape index (κ2) is 6.05. The molecule has 112 valence electrons. The van der Waals surface area contributed by atoms with Gasteiger partial charge in [-0.15, -0.1) is 0 Å². The third-order valence-corrected chi connectivity index (χ3v) is 3.57. The Hall–Kier alpha value is -2.21. The molecule has 1 aromatic carbocycles. The number of nitrogens with two attached hydrogens (primary N) is 1. The maximum atomic E-state index is 12.1. The molecule has 0 aliphatic heterocycles. The molecule has 2 aromatic rings. The zero-order chi connectivity index (χ0) is 15.6. The molecule has 0 saturated heterocycles. The van der Waals surface area contributed by atoms with Crippen LogP contribution < -0.4 is 10.5 Å². The Bertz CT molecular complexity index is 682. The lowest BCUT2D eigenvalue weighted by Crippen LogP contribution is -2.10. The molecule has 0 atom stereocenters. The van der Waals surface area contributed by atoms with E-state index < -0.39 is 5.97 Å². The van der Waals surface area contributed by atoms with Crippen LogP contribution in [0.3, 0.4) is 0 Å². The summed E-state index contributed by atoms with van der Waals surface area (Å²) in [5.41, 5.74) is 7.67. The van der Waals surface area contributed by atoms with Gasteiger partial charge in [-0.3, -0.25) is 4.68 Å². The number of benzene rings is 1. The smallest absolute Gasteiger partial charge is 0.340 e. The Morgan fingerprint density at radius 1 is 1.48 bits per heavy atom. The molecule has 7 heteroatoms. The van der Waals surface area contributed by atoms with Crippen LogP contribution in [0.5, 0.6) is 5.75 Å². The van der Waals surface area contributed by atoms with E-state index in [-0.39, 0.29) is 12.2 Å². The number of hydrogen-bond donors (Lipinski definition) is 1. The van der Waals surface area contributed by atoms with E-state index in [2.05, 4.69) is 5.10 Å². The number of carbonyl (C=O) groups is 1. The van der Waals surface area contributed by atoms with Crippen LogP contribution >= 0.6 is 11.6 Å². The highest BCUT2D eigenvalue weighted by molar-refractivity contribution is 6.31. The van der Waals surface area contributed by atoms with Crippen molar-refractivity contribution in [2.75, 3.05) is 12.8 Å². The lowest BCUT2D eigenvalue weighted by atomic mass is 10.2. The van der Waals surface area contributed by atoms with Gasteiger partial charge in [0.1, 0.15) is 12.4 Å². The van der Waals surface area contributed by atoms with Crippen LogP contribution in [0.2, 0.25) is 5.02 Å². The molecule has 2 N–H and O–H groups in total. The summed E-state index contributed by atoms with van der Waals surface area (Å²) >= 11 is 6.10. The highest BCUT2D eigenvalue weighted by atomic mass is 35.5. The molecular formula is C14H16ClN3O3. The van der Waals surface area contributed by atoms with Gasteiger partial charge in [0.2, 0.25) is 0 Å². The lowest BCUT2D eigenvalue weighted by molar-refractivity contribution is 0.0464. The maximum absolute atomic E-state index is 12.1. The van der Waals surface area contributed by atoms with Crippen molar-refractivity contribution in [3.05, 3.63) is 40.2 Å². The predicted octanol–water partition coefficient (Wildman–Crippen LogP) is 2.33. The monoisotopic (exact) mass is 309 g/mol. The molecule has 0 amide bonds. The van der Waals surface area contributed by atoms with Gasteiger partial charge in [0.15, 0.2) is 0 Å². The van der Waals surface area contributed by atoms with E-state index in [1.54, 1.807) is 30.8 Å². The second-order valence-electron chi connectivity index (χ2n) is 4.50. The van der Waals surface area contributed by atoms with Gasteiger partial charge in [0.05, 0.1) is 29.1 Å². The molecule has 1 heterocycles. The third kappa shape index (κ3) is 3.11. The summed E-state index contributed by atoms with van der Waals surface area (Å²) in [4.78, 5) is 12.1. The van der Waals surface area contributed by atoms with Gasteiger partial charge in [-0.05, 0) is 25.1 Å². The van der Waals surface area contributed by atoms with Gasteiger partial charge < -0.3 is 15.2 Å². The fourth-order valence-electron chi connectivity index (χ4n) is 1.89. The standard InChI is InChI=1S/C14H16ClN3O3/c1-8-13(15)12(18(2)17-8)7-21-14(19)10-6-9(20-3)4-5-11(10)16/h4-6H,7,16H2,1-3H3. The topological polar surface area (TPSA) is 79.4 Å². The summed E-state index contributed by atoms with van der Waals surface area (Å²) in [7, 11) is 3.25. The van der Waals surface area contributed by atoms with Crippen LogP contribution in [0.1, 0.15) is 21.7 Å². The fraction of sp³-hybridized carbons (Fsp3) is 0.286. The van der Waals surface area contributed by atoms with E-state index in [0.717, 1.165) is 0 Å². The van der Waals surface area contributed by atoms with Crippen molar-refractivity contribution in [2.24, 2.45) is 7.05 Å². The number of esters is 1. The number of nitrogens with zero attached hydrogens (tertiary/aromatic N) is 2. The minimum atomic E-state index is -0.540. The van der Waals surface area contributed by atoms with Crippen LogP contribution in [0, 0.1) is 6.92 Å². The average Bonchev–Trinajstić information content (AvgIpc) is 2.70. The number of ether oxygens (including phenoxy) is 2. The van der Waals surface area contributed by atoms with E-state index in [0.29, 0.717) is 27.8 Å². The summed E-state index contributed by atoms with van der Waals surface area (Å²) in [5.74, 6) is -0.00752. The van der Waals surface area contributed by atoms with Gasteiger partial charge in [-0.2, -0.15) is 5.10 Å². The lowest BCUT2D eigenvalue weighted by Gasteiger charge is -2.09. The Balaban J connectivity index is 2.15. The molecule has 21 heavy (non-hydrogen) atoms. The second-order valence-corrected chi connectivity index (χ2v) is 4.88. The summed E-state index contributed by atoms with van der Waals surface area (Å²) in [6.07, 6.45) is 0. The van der Waals surface area contributed by atoms with Crippen LogP contribution in [0.15, 0.2) is 18.2 Å². The minimum absolute atomic E-state index is 0.0195. The minimum Gasteiger partial charge on any atom is -0.497 e. The number of rotatable bonds is 4. The zero-order valence-corrected chi connectivity index (χ0v) is 12.8. The number of anilines is 1. The Morgan fingerprint density at radius 3 is 2.76 bits per heavy atom. The van der Waals surface area contributed by atoms with Crippen molar-refractivity contribution in [3.8, 4) is 5.75 Å². The third-order valence-electron chi connectivity index (χ3n) is 3.08. The van der Waals surface area contributed by atoms with Crippen LogP contribution in [-0.2, 0) is 18.4 Å². The number of aryl methyl sites for hydroxylation is 2. The molecule has 0 fully saturated rings. The molecule has 0 unspecified atom stereocenters. The van der Waals surface area contributed by atoms with Crippen molar-refractivity contribution in [1.82, 2.24) is 9.78 Å². The summed E-state index contributed by atoms with van der Waals surface area (Å²) in [6, 6.07) is 4.80. The molecule has 0 radical (unpaired) electrons. The molecule has 1 aromatic heterocycles. The number of aromatic nitrogens is 2. The van der Waals surface area contributed by atoms with Crippen molar-refractivity contribution < 1.29 is 14.3 Å². The molecular weight excluding hydrogens is 294 g/mol. The first-order chi connectivity index (χ1) is 9.93. The number of nitrogen functional groups attached to an aromatic ring is 1. The fourth-order valence-corrected chi connectivity index (χ4v) is 2.10. The molecule has 0 saturated carbocycles. The molecule has 0 aliphatic rings. The van der Waals surface area contributed by atoms with Crippen molar-refractivity contribution in [2.45, 2.75) is 13.5 Å². The first kappa shape index (κ1) is 15.2. The molecule has 0 spiro atoms. The number of carbonyl (C=O) groups excluding carboxylic acids is 1. The first-order valence-corrected chi connectivity index (χ1v) is 6.60. The molecule has 6 nitrogen and oxygen atoms in total. The molecule has 2 rings (SSSR count). The summed E-state index contributed by atoms with van der Waals surface area (Å²) in [6.45, 7) is 1.80. The highest BCUT2D eigenvalue weighted by Gasteiger charge is 2.16. The Morgan fingerprint density at radius 2 is 2.19 bits per heavy atom. The van der Waals surface area contributed by atoms with E-state index in [1.807, 2.05) is 0 Å². The van der Waals surface area contributed by atoms with Gasteiger partial charge in [0, 0.05) is 12.7 Å². The average molecular weight is 310 g/mol. The van der Waals surface area contributed by atoms with Gasteiger partial charge in [-0.25, -0.2) is 4.79 Å². The highest BCUT2D eigenvalue weighted by Crippen LogP contribution is 2.23. The van der Waals surface area contributed by atoms with Gasteiger partial charge in [0.25, 0.3) is 0 Å². The zero-order valence-electron chi connectivity index (χ0n) is 12.0. The van der Waals surface area contributed by atoms with Crippen LogP contribution in [-0.4, -0.2) is 22.9 Å². The van der Waals surface area contributed by atoms with E-state index >= 15 is 0 Å². The predicted molar refractivity (Wildman–Crippen MR) is 79.5 cm³/mol. The maximum Gasteiger partial charge on any atom is 0.340 e. The van der Waals surface area contributed by atoms with Crippen molar-refractivity contribution >= 4 is 23.3 Å². The van der Waals surface area contributed by atoms with Crippen molar-refractivity contribution in [3.63, 3.8) is 0 Å². The van der Waals surface area contributed by atoms with Gasteiger partial charge >= 0.3 is 5.97 Å². The molecule has 0 bridgehead atoms. The number of hydrogen-bond acceptors (Lipinski definition) is 5. The van der Waals surface area contributed by atoms with Gasteiger partial charge in [-0.1, -0.05) is 11.6 Å².